The standard InChI is InChI=1S/C16H25FN2/c1-3-9-18-12-13-5-8-16(15(17)11-13)19(10-4-2)14-6-7-14/h5,8,11,14,18H,3-4,6-7,9-10,12H2,1-2H3. The van der Waals surface area contributed by atoms with Crippen LogP contribution in [0.5, 0.6) is 0 Å². The summed E-state index contributed by atoms with van der Waals surface area (Å²) in [5, 5.41) is 3.31. The third-order valence-corrected chi connectivity index (χ3v) is 3.53. The number of nitrogens with one attached hydrogen (secondary N) is 1. The molecule has 1 aliphatic carbocycles. The Balaban J connectivity index is 2.04. The van der Waals surface area contributed by atoms with Crippen molar-refractivity contribution in [2.75, 3.05) is 18.0 Å². The highest BCUT2D eigenvalue weighted by atomic mass is 19.1. The lowest BCUT2D eigenvalue weighted by Gasteiger charge is -2.25. The molecule has 3 heteroatoms. The molecule has 1 aliphatic rings. The van der Waals surface area contributed by atoms with Crippen LogP contribution in [-0.2, 0) is 6.54 Å². The molecule has 0 aliphatic heterocycles. The van der Waals surface area contributed by atoms with Crippen LogP contribution in [0.1, 0.15) is 45.1 Å². The van der Waals surface area contributed by atoms with Gasteiger partial charge in [0.15, 0.2) is 0 Å². The highest BCUT2D eigenvalue weighted by molar-refractivity contribution is 5.51. The number of rotatable bonds is 8. The molecule has 2 nitrogen and oxygen atoms in total. The van der Waals surface area contributed by atoms with E-state index in [4.69, 9.17) is 0 Å². The molecule has 0 aromatic heterocycles. The van der Waals surface area contributed by atoms with Gasteiger partial charge in [-0.3, -0.25) is 0 Å². The second-order valence-electron chi connectivity index (χ2n) is 5.39. The first kappa shape index (κ1) is 14.3. The number of anilines is 1. The Morgan fingerprint density at radius 2 is 2.05 bits per heavy atom. The van der Waals surface area contributed by atoms with E-state index in [-0.39, 0.29) is 5.82 Å². The lowest BCUT2D eigenvalue weighted by Crippen LogP contribution is -2.27. The van der Waals surface area contributed by atoms with Crippen LogP contribution in [0.2, 0.25) is 0 Å². The topological polar surface area (TPSA) is 15.3 Å². The maximum Gasteiger partial charge on any atom is 0.146 e. The van der Waals surface area contributed by atoms with Crippen molar-refractivity contribution in [1.29, 1.82) is 0 Å². The molecule has 0 spiro atoms. The van der Waals surface area contributed by atoms with Gasteiger partial charge in [0.25, 0.3) is 0 Å². The van der Waals surface area contributed by atoms with Crippen molar-refractivity contribution in [3.8, 4) is 0 Å². The average Bonchev–Trinajstić information content (AvgIpc) is 3.21. The van der Waals surface area contributed by atoms with Crippen LogP contribution in [0.15, 0.2) is 18.2 Å². The normalized spacial score (nSPS) is 14.7. The minimum Gasteiger partial charge on any atom is -0.366 e. The Kier molecular flexibility index (Phi) is 5.20. The van der Waals surface area contributed by atoms with Gasteiger partial charge >= 0.3 is 0 Å². The molecule has 2 rings (SSSR count). The maximum absolute atomic E-state index is 14.3. The summed E-state index contributed by atoms with van der Waals surface area (Å²) in [5.74, 6) is -0.0730. The second kappa shape index (κ2) is 6.90. The van der Waals surface area contributed by atoms with E-state index in [1.54, 1.807) is 6.07 Å². The highest BCUT2D eigenvalue weighted by Crippen LogP contribution is 2.33. The van der Waals surface area contributed by atoms with Crippen LogP contribution in [0.25, 0.3) is 0 Å². The molecule has 1 N–H and O–H groups in total. The van der Waals surface area contributed by atoms with E-state index in [9.17, 15) is 4.39 Å². The largest absolute Gasteiger partial charge is 0.366 e. The van der Waals surface area contributed by atoms with Gasteiger partial charge in [0.2, 0.25) is 0 Å². The monoisotopic (exact) mass is 264 g/mol. The third-order valence-electron chi connectivity index (χ3n) is 3.53. The first-order valence-electron chi connectivity index (χ1n) is 7.52. The van der Waals surface area contributed by atoms with E-state index in [2.05, 4.69) is 24.1 Å². The van der Waals surface area contributed by atoms with Gasteiger partial charge in [0.05, 0.1) is 5.69 Å². The van der Waals surface area contributed by atoms with Crippen molar-refractivity contribution < 1.29 is 4.39 Å². The molecule has 0 amide bonds. The Morgan fingerprint density at radius 1 is 1.26 bits per heavy atom. The first-order valence-corrected chi connectivity index (χ1v) is 7.52. The van der Waals surface area contributed by atoms with Gasteiger partial charge in [-0.25, -0.2) is 4.39 Å². The summed E-state index contributed by atoms with van der Waals surface area (Å²) in [4.78, 5) is 2.23. The van der Waals surface area contributed by atoms with E-state index in [0.29, 0.717) is 6.04 Å². The fourth-order valence-electron chi connectivity index (χ4n) is 2.43. The molecule has 0 atom stereocenters. The lowest BCUT2D eigenvalue weighted by molar-refractivity contribution is 0.607. The number of benzene rings is 1. The number of nitrogens with zero attached hydrogens (tertiary/aromatic N) is 1. The molecule has 106 valence electrons. The summed E-state index contributed by atoms with van der Waals surface area (Å²) in [6, 6.07) is 6.25. The SMILES string of the molecule is CCCNCc1ccc(N(CCC)C2CC2)c(F)c1. The Labute approximate surface area is 116 Å². The van der Waals surface area contributed by atoms with Crippen LogP contribution in [0, 0.1) is 5.82 Å². The van der Waals surface area contributed by atoms with Gasteiger partial charge in [0, 0.05) is 19.1 Å². The molecule has 0 radical (unpaired) electrons. The minimum atomic E-state index is -0.0730. The number of halogens is 1. The van der Waals surface area contributed by atoms with Crippen molar-refractivity contribution in [2.24, 2.45) is 0 Å². The van der Waals surface area contributed by atoms with E-state index < -0.39 is 0 Å². The number of hydrogen-bond donors (Lipinski definition) is 1. The predicted octanol–water partition coefficient (Wildman–Crippen LogP) is 3.70. The predicted molar refractivity (Wildman–Crippen MR) is 79.1 cm³/mol. The zero-order valence-electron chi connectivity index (χ0n) is 12.1. The van der Waals surface area contributed by atoms with Crippen LogP contribution in [0.3, 0.4) is 0 Å². The summed E-state index contributed by atoms with van der Waals surface area (Å²) in [6.07, 6.45) is 4.58. The Morgan fingerprint density at radius 3 is 2.63 bits per heavy atom. The summed E-state index contributed by atoms with van der Waals surface area (Å²) >= 11 is 0. The van der Waals surface area contributed by atoms with Crippen molar-refractivity contribution in [3.05, 3.63) is 29.6 Å². The van der Waals surface area contributed by atoms with Gasteiger partial charge < -0.3 is 10.2 Å². The first-order chi connectivity index (χ1) is 9.26. The summed E-state index contributed by atoms with van der Waals surface area (Å²) in [7, 11) is 0. The minimum absolute atomic E-state index is 0.0730. The smallest absolute Gasteiger partial charge is 0.146 e. The lowest BCUT2D eigenvalue weighted by atomic mass is 10.1. The van der Waals surface area contributed by atoms with Crippen molar-refractivity contribution in [2.45, 2.75) is 52.1 Å². The van der Waals surface area contributed by atoms with Gasteiger partial charge in [0.1, 0.15) is 5.82 Å². The van der Waals surface area contributed by atoms with E-state index in [0.717, 1.165) is 43.7 Å². The fraction of sp³-hybridized carbons (Fsp3) is 0.625. The maximum atomic E-state index is 14.3. The molecular weight excluding hydrogens is 239 g/mol. The average molecular weight is 264 g/mol. The van der Waals surface area contributed by atoms with E-state index in [1.807, 2.05) is 12.1 Å². The van der Waals surface area contributed by atoms with Crippen LogP contribution >= 0.6 is 0 Å². The Bertz CT molecular complexity index is 402. The van der Waals surface area contributed by atoms with Crippen molar-refractivity contribution in [3.63, 3.8) is 0 Å². The zero-order chi connectivity index (χ0) is 13.7. The van der Waals surface area contributed by atoms with Crippen LogP contribution < -0.4 is 10.2 Å². The van der Waals surface area contributed by atoms with E-state index >= 15 is 0 Å². The molecule has 1 aromatic carbocycles. The molecule has 0 bridgehead atoms. The molecule has 1 aromatic rings. The third kappa shape index (κ3) is 3.93. The fourth-order valence-corrected chi connectivity index (χ4v) is 2.43. The van der Waals surface area contributed by atoms with Gasteiger partial charge in [-0.2, -0.15) is 0 Å². The van der Waals surface area contributed by atoms with Crippen molar-refractivity contribution in [1.82, 2.24) is 5.32 Å². The second-order valence-corrected chi connectivity index (χ2v) is 5.39. The van der Waals surface area contributed by atoms with E-state index in [1.165, 1.54) is 12.8 Å². The Hall–Kier alpha value is -1.09. The van der Waals surface area contributed by atoms with Gasteiger partial charge in [-0.05, 0) is 49.9 Å². The highest BCUT2D eigenvalue weighted by Gasteiger charge is 2.30. The molecule has 1 saturated carbocycles. The number of hydrogen-bond acceptors (Lipinski definition) is 2. The molecule has 0 saturated heterocycles. The van der Waals surface area contributed by atoms with Gasteiger partial charge in [-0.1, -0.05) is 19.9 Å². The van der Waals surface area contributed by atoms with Gasteiger partial charge in [-0.15, -0.1) is 0 Å². The molecule has 1 fully saturated rings. The molecular formula is C16H25FN2. The summed E-state index contributed by atoms with van der Waals surface area (Å²) in [6.45, 7) is 6.97. The molecule has 19 heavy (non-hydrogen) atoms. The summed E-state index contributed by atoms with van der Waals surface area (Å²) < 4.78 is 14.3. The molecule has 0 heterocycles. The van der Waals surface area contributed by atoms with Crippen LogP contribution in [0.4, 0.5) is 10.1 Å². The molecule has 0 unspecified atom stereocenters. The van der Waals surface area contributed by atoms with Crippen LogP contribution in [-0.4, -0.2) is 19.1 Å². The quantitative estimate of drug-likeness (QED) is 0.720. The van der Waals surface area contributed by atoms with Crippen molar-refractivity contribution >= 4 is 5.69 Å². The summed E-state index contributed by atoms with van der Waals surface area (Å²) in [5.41, 5.74) is 1.81. The zero-order valence-corrected chi connectivity index (χ0v) is 12.1.